The zero-order valence-electron chi connectivity index (χ0n) is 12.9. The summed E-state index contributed by atoms with van der Waals surface area (Å²) in [5.74, 6) is -0.416. The van der Waals surface area contributed by atoms with Crippen molar-refractivity contribution in [2.75, 3.05) is 6.54 Å². The van der Waals surface area contributed by atoms with E-state index in [2.05, 4.69) is 19.2 Å². The van der Waals surface area contributed by atoms with Gasteiger partial charge in [-0.15, -0.1) is 0 Å². The fourth-order valence-corrected chi connectivity index (χ4v) is 5.51. The minimum absolute atomic E-state index is 0.0635. The van der Waals surface area contributed by atoms with Gasteiger partial charge in [0.25, 0.3) is 0 Å². The van der Waals surface area contributed by atoms with Crippen LogP contribution < -0.4 is 5.32 Å². The number of sulfone groups is 1. The van der Waals surface area contributed by atoms with Gasteiger partial charge in [-0.2, -0.15) is 0 Å². The van der Waals surface area contributed by atoms with Crippen LogP contribution in [0.2, 0.25) is 0 Å². The Morgan fingerprint density at radius 3 is 2.48 bits per heavy atom. The SMILES string of the molecule is CCNC1C(S(=O)(=O)c2ccc(F)cc2)CCCC1(C)C. The molecule has 5 heteroatoms. The fraction of sp³-hybridized carbons (Fsp3) is 0.625. The highest BCUT2D eigenvalue weighted by molar-refractivity contribution is 7.92. The fourth-order valence-electron chi connectivity index (χ4n) is 3.35. The van der Waals surface area contributed by atoms with Crippen molar-refractivity contribution < 1.29 is 12.8 Å². The van der Waals surface area contributed by atoms with Gasteiger partial charge >= 0.3 is 0 Å². The first kappa shape index (κ1) is 16.4. The van der Waals surface area contributed by atoms with Crippen LogP contribution in [-0.2, 0) is 9.84 Å². The molecule has 1 aliphatic rings. The molecule has 2 atom stereocenters. The Hall–Kier alpha value is -0.940. The molecule has 3 nitrogen and oxygen atoms in total. The van der Waals surface area contributed by atoms with E-state index in [1.807, 2.05) is 6.92 Å². The molecular weight excluding hydrogens is 289 g/mol. The predicted octanol–water partition coefficient (Wildman–Crippen LogP) is 3.16. The molecule has 0 saturated heterocycles. The van der Waals surface area contributed by atoms with Gasteiger partial charge in [0, 0.05) is 6.04 Å². The Kier molecular flexibility index (Phi) is 4.73. The van der Waals surface area contributed by atoms with E-state index in [9.17, 15) is 12.8 Å². The molecule has 21 heavy (non-hydrogen) atoms. The standard InChI is InChI=1S/C16H24FNO2S/c1-4-18-15-14(6-5-11-16(15,2)3)21(19,20)13-9-7-12(17)8-10-13/h7-10,14-15,18H,4-6,11H2,1-3H3. The lowest BCUT2D eigenvalue weighted by molar-refractivity contribution is 0.172. The average molecular weight is 313 g/mol. The van der Waals surface area contributed by atoms with E-state index in [0.717, 1.165) is 19.4 Å². The van der Waals surface area contributed by atoms with Gasteiger partial charge in [0.1, 0.15) is 5.82 Å². The van der Waals surface area contributed by atoms with Gasteiger partial charge in [-0.05, 0) is 49.1 Å². The molecule has 0 amide bonds. The second kappa shape index (κ2) is 6.05. The molecule has 0 spiro atoms. The highest BCUT2D eigenvalue weighted by atomic mass is 32.2. The summed E-state index contributed by atoms with van der Waals surface area (Å²) in [7, 11) is -3.45. The zero-order chi connectivity index (χ0) is 15.7. The maximum absolute atomic E-state index is 13.0. The smallest absolute Gasteiger partial charge is 0.182 e. The van der Waals surface area contributed by atoms with Crippen LogP contribution in [0.4, 0.5) is 4.39 Å². The van der Waals surface area contributed by atoms with Crippen molar-refractivity contribution in [2.24, 2.45) is 5.41 Å². The molecule has 1 aromatic carbocycles. The van der Waals surface area contributed by atoms with Crippen molar-refractivity contribution in [1.82, 2.24) is 5.32 Å². The van der Waals surface area contributed by atoms with Crippen LogP contribution in [0, 0.1) is 11.2 Å². The third-order valence-electron chi connectivity index (χ3n) is 4.49. The maximum Gasteiger partial charge on any atom is 0.182 e. The lowest BCUT2D eigenvalue weighted by Gasteiger charge is -2.44. The van der Waals surface area contributed by atoms with E-state index in [1.165, 1.54) is 24.3 Å². The second-order valence-electron chi connectivity index (χ2n) is 6.45. The summed E-state index contributed by atoms with van der Waals surface area (Å²) in [5.41, 5.74) is -0.0635. The van der Waals surface area contributed by atoms with Crippen molar-refractivity contribution in [1.29, 1.82) is 0 Å². The first-order valence-electron chi connectivity index (χ1n) is 7.52. The number of halogens is 1. The quantitative estimate of drug-likeness (QED) is 0.869. The number of rotatable bonds is 4. The van der Waals surface area contributed by atoms with Crippen LogP contribution in [0.1, 0.15) is 40.0 Å². The summed E-state index contributed by atoms with van der Waals surface area (Å²) in [4.78, 5) is 0.217. The third-order valence-corrected chi connectivity index (χ3v) is 6.72. The molecule has 0 bridgehead atoms. The van der Waals surface area contributed by atoms with Crippen LogP contribution in [0.3, 0.4) is 0 Å². The topological polar surface area (TPSA) is 46.2 Å². The number of hydrogen-bond donors (Lipinski definition) is 1. The van der Waals surface area contributed by atoms with Crippen molar-refractivity contribution in [3.63, 3.8) is 0 Å². The van der Waals surface area contributed by atoms with Gasteiger partial charge in [-0.1, -0.05) is 27.2 Å². The summed E-state index contributed by atoms with van der Waals surface area (Å²) >= 11 is 0. The van der Waals surface area contributed by atoms with Crippen LogP contribution in [0.15, 0.2) is 29.2 Å². The molecule has 2 rings (SSSR count). The summed E-state index contributed by atoms with van der Waals surface area (Å²) in [6, 6.07) is 5.09. The number of hydrogen-bond acceptors (Lipinski definition) is 3. The normalized spacial score (nSPS) is 25.7. The van der Waals surface area contributed by atoms with E-state index in [4.69, 9.17) is 0 Å². The molecular formula is C16H24FNO2S. The second-order valence-corrected chi connectivity index (χ2v) is 8.62. The average Bonchev–Trinajstić information content (AvgIpc) is 2.41. The highest BCUT2D eigenvalue weighted by Crippen LogP contribution is 2.40. The molecule has 0 aliphatic heterocycles. The molecule has 0 heterocycles. The Labute approximate surface area is 126 Å². The molecule has 118 valence electrons. The predicted molar refractivity (Wildman–Crippen MR) is 82.5 cm³/mol. The van der Waals surface area contributed by atoms with E-state index in [0.29, 0.717) is 6.42 Å². The molecule has 1 N–H and O–H groups in total. The molecule has 1 aliphatic carbocycles. The lowest BCUT2D eigenvalue weighted by Crippen LogP contribution is -2.55. The highest BCUT2D eigenvalue weighted by Gasteiger charge is 2.44. The molecule has 1 saturated carbocycles. The largest absolute Gasteiger partial charge is 0.312 e. The van der Waals surface area contributed by atoms with Crippen LogP contribution >= 0.6 is 0 Å². The molecule has 0 radical (unpaired) electrons. The van der Waals surface area contributed by atoms with Crippen molar-refractivity contribution in [3.8, 4) is 0 Å². The van der Waals surface area contributed by atoms with Gasteiger partial charge < -0.3 is 5.32 Å². The van der Waals surface area contributed by atoms with Crippen LogP contribution in [0.25, 0.3) is 0 Å². The molecule has 0 aromatic heterocycles. The molecule has 2 unspecified atom stereocenters. The van der Waals surface area contributed by atoms with E-state index < -0.39 is 20.9 Å². The zero-order valence-corrected chi connectivity index (χ0v) is 13.7. The Morgan fingerprint density at radius 1 is 1.29 bits per heavy atom. The van der Waals surface area contributed by atoms with E-state index >= 15 is 0 Å². The lowest BCUT2D eigenvalue weighted by atomic mass is 9.73. The number of nitrogens with one attached hydrogen (secondary N) is 1. The van der Waals surface area contributed by atoms with Gasteiger partial charge in [0.15, 0.2) is 9.84 Å². The third kappa shape index (κ3) is 3.29. The summed E-state index contributed by atoms with van der Waals surface area (Å²) in [6.45, 7) is 6.97. The van der Waals surface area contributed by atoms with Gasteiger partial charge in [-0.3, -0.25) is 0 Å². The Morgan fingerprint density at radius 2 is 1.90 bits per heavy atom. The van der Waals surface area contributed by atoms with Gasteiger partial charge in [0.2, 0.25) is 0 Å². The van der Waals surface area contributed by atoms with Crippen molar-refractivity contribution in [2.45, 2.75) is 56.2 Å². The van der Waals surface area contributed by atoms with Gasteiger partial charge in [-0.25, -0.2) is 12.8 Å². The van der Waals surface area contributed by atoms with E-state index in [-0.39, 0.29) is 16.4 Å². The minimum atomic E-state index is -3.45. The van der Waals surface area contributed by atoms with Crippen LogP contribution in [-0.4, -0.2) is 26.3 Å². The first-order valence-corrected chi connectivity index (χ1v) is 9.06. The Bertz CT molecular complexity index is 581. The summed E-state index contributed by atoms with van der Waals surface area (Å²) in [5, 5.41) is 2.91. The van der Waals surface area contributed by atoms with E-state index in [1.54, 1.807) is 0 Å². The molecule has 1 aromatic rings. The summed E-state index contributed by atoms with van der Waals surface area (Å²) in [6.07, 6.45) is 2.57. The number of benzene rings is 1. The van der Waals surface area contributed by atoms with Gasteiger partial charge in [0.05, 0.1) is 10.1 Å². The summed E-state index contributed by atoms with van der Waals surface area (Å²) < 4.78 is 38.8. The minimum Gasteiger partial charge on any atom is -0.312 e. The van der Waals surface area contributed by atoms with Crippen molar-refractivity contribution in [3.05, 3.63) is 30.1 Å². The van der Waals surface area contributed by atoms with Crippen LogP contribution in [0.5, 0.6) is 0 Å². The van der Waals surface area contributed by atoms with Crippen molar-refractivity contribution >= 4 is 9.84 Å². The monoisotopic (exact) mass is 313 g/mol. The first-order chi connectivity index (χ1) is 9.79. The maximum atomic E-state index is 13.0. The molecule has 1 fully saturated rings. The Balaban J connectivity index is 2.39.